The lowest BCUT2D eigenvalue weighted by Gasteiger charge is -2.05. The Hall–Kier alpha value is -1.03. The first kappa shape index (κ1) is 12.4. The first-order valence-electron chi connectivity index (χ1n) is 5.94. The zero-order chi connectivity index (χ0) is 12.1. The third-order valence-corrected chi connectivity index (χ3v) is 3.79. The fourth-order valence-corrected chi connectivity index (χ4v) is 2.75. The summed E-state index contributed by atoms with van der Waals surface area (Å²) in [7, 11) is 0. The molecule has 2 rings (SSSR count). The average molecular weight is 252 g/mol. The van der Waals surface area contributed by atoms with Crippen molar-refractivity contribution in [2.24, 2.45) is 10.7 Å². The van der Waals surface area contributed by atoms with E-state index >= 15 is 0 Å². The van der Waals surface area contributed by atoms with Gasteiger partial charge in [0.1, 0.15) is 5.82 Å². The number of benzene rings is 1. The first-order chi connectivity index (χ1) is 8.24. The second-order valence-corrected chi connectivity index (χ2v) is 5.32. The molecular weight excluding hydrogens is 235 g/mol. The second kappa shape index (κ2) is 6.05. The van der Waals surface area contributed by atoms with E-state index in [1.165, 1.54) is 36.7 Å². The van der Waals surface area contributed by atoms with Crippen LogP contribution in [-0.2, 0) is 5.75 Å². The highest BCUT2D eigenvalue weighted by molar-refractivity contribution is 8.13. The number of hydrogen-bond acceptors (Lipinski definition) is 2. The molecule has 4 heteroatoms. The van der Waals surface area contributed by atoms with Gasteiger partial charge in [-0.2, -0.15) is 0 Å². The minimum absolute atomic E-state index is 0.200. The summed E-state index contributed by atoms with van der Waals surface area (Å²) in [5, 5.41) is 0.626. The molecule has 1 aromatic rings. The first-order valence-corrected chi connectivity index (χ1v) is 6.93. The van der Waals surface area contributed by atoms with Crippen molar-refractivity contribution < 1.29 is 4.39 Å². The fraction of sp³-hybridized carbons (Fsp3) is 0.462. The minimum Gasteiger partial charge on any atom is -0.379 e. The molecule has 0 saturated heterocycles. The molecule has 1 fully saturated rings. The number of hydrogen-bond donors (Lipinski definition) is 1. The summed E-state index contributed by atoms with van der Waals surface area (Å²) in [6.07, 6.45) is 4.83. The van der Waals surface area contributed by atoms with Crippen LogP contribution in [0.1, 0.15) is 31.2 Å². The van der Waals surface area contributed by atoms with Gasteiger partial charge in [-0.3, -0.25) is 4.99 Å². The van der Waals surface area contributed by atoms with Gasteiger partial charge in [0, 0.05) is 5.75 Å². The van der Waals surface area contributed by atoms with E-state index < -0.39 is 0 Å². The molecule has 0 bridgehead atoms. The largest absolute Gasteiger partial charge is 0.379 e. The van der Waals surface area contributed by atoms with Crippen molar-refractivity contribution in [1.82, 2.24) is 0 Å². The zero-order valence-corrected chi connectivity index (χ0v) is 10.5. The van der Waals surface area contributed by atoms with E-state index in [0.29, 0.717) is 17.0 Å². The summed E-state index contributed by atoms with van der Waals surface area (Å²) in [4.78, 5) is 4.48. The van der Waals surface area contributed by atoms with Crippen LogP contribution < -0.4 is 5.73 Å². The van der Waals surface area contributed by atoms with E-state index in [-0.39, 0.29) is 5.82 Å². The van der Waals surface area contributed by atoms with Crippen molar-refractivity contribution in [1.29, 1.82) is 0 Å². The summed E-state index contributed by atoms with van der Waals surface area (Å²) in [6.45, 7) is 0. The molecule has 0 amide bonds. The van der Waals surface area contributed by atoms with Crippen molar-refractivity contribution in [3.63, 3.8) is 0 Å². The van der Waals surface area contributed by atoms with Crippen molar-refractivity contribution >= 4 is 16.9 Å². The number of aliphatic imine (C=N–C) groups is 1. The van der Waals surface area contributed by atoms with Gasteiger partial charge in [-0.05, 0) is 30.5 Å². The molecular formula is C13H17FN2S. The number of rotatable bonds is 3. The van der Waals surface area contributed by atoms with E-state index in [1.807, 2.05) is 6.07 Å². The quantitative estimate of drug-likeness (QED) is 0.662. The van der Waals surface area contributed by atoms with Gasteiger partial charge in [0.15, 0.2) is 5.17 Å². The minimum atomic E-state index is -0.200. The van der Waals surface area contributed by atoms with Gasteiger partial charge in [0.2, 0.25) is 0 Å². The van der Waals surface area contributed by atoms with E-state index in [1.54, 1.807) is 6.07 Å². The topological polar surface area (TPSA) is 38.4 Å². The molecule has 1 saturated carbocycles. The molecule has 92 valence electrons. The van der Waals surface area contributed by atoms with Crippen LogP contribution >= 0.6 is 11.8 Å². The fourth-order valence-electron chi connectivity index (χ4n) is 2.03. The summed E-state index contributed by atoms with van der Waals surface area (Å²) in [5.41, 5.74) is 6.80. The number of nitrogens with zero attached hydrogens (tertiary/aromatic N) is 1. The van der Waals surface area contributed by atoms with Gasteiger partial charge in [-0.25, -0.2) is 4.39 Å². The molecule has 1 aromatic carbocycles. The molecule has 0 spiro atoms. The number of nitrogens with two attached hydrogens (primary N) is 1. The van der Waals surface area contributed by atoms with Crippen LogP contribution in [0.15, 0.2) is 29.3 Å². The molecule has 0 aliphatic heterocycles. The number of halogens is 1. The number of thioether (sulfide) groups is 1. The standard InChI is InChI=1S/C13H17FN2S/c14-11-5-3-4-10(8-11)9-17-13(15)16-12-6-1-2-7-12/h3-5,8,12H,1-2,6-7,9H2,(H2,15,16). The monoisotopic (exact) mass is 252 g/mol. The predicted molar refractivity (Wildman–Crippen MR) is 71.6 cm³/mol. The predicted octanol–water partition coefficient (Wildman–Crippen LogP) is 3.32. The molecule has 1 aliphatic rings. The highest BCUT2D eigenvalue weighted by atomic mass is 32.2. The van der Waals surface area contributed by atoms with E-state index in [2.05, 4.69) is 4.99 Å². The Labute approximate surface area is 106 Å². The van der Waals surface area contributed by atoms with Crippen LogP contribution in [0.25, 0.3) is 0 Å². The molecule has 2 nitrogen and oxygen atoms in total. The molecule has 0 heterocycles. The average Bonchev–Trinajstić information content (AvgIpc) is 2.79. The summed E-state index contributed by atoms with van der Waals surface area (Å²) >= 11 is 1.49. The normalized spacial score (nSPS) is 17.6. The Bertz CT molecular complexity index is 400. The van der Waals surface area contributed by atoms with E-state index in [9.17, 15) is 4.39 Å². The Morgan fingerprint density at radius 2 is 2.18 bits per heavy atom. The molecule has 2 N–H and O–H groups in total. The third kappa shape index (κ3) is 4.04. The molecule has 17 heavy (non-hydrogen) atoms. The maximum atomic E-state index is 12.9. The molecule has 0 radical (unpaired) electrons. The van der Waals surface area contributed by atoms with Crippen LogP contribution in [-0.4, -0.2) is 11.2 Å². The lowest BCUT2D eigenvalue weighted by Crippen LogP contribution is -2.11. The van der Waals surface area contributed by atoms with Crippen LogP contribution in [0.5, 0.6) is 0 Å². The summed E-state index contributed by atoms with van der Waals surface area (Å²) in [6, 6.07) is 7.02. The Kier molecular flexibility index (Phi) is 4.42. The van der Waals surface area contributed by atoms with Crippen LogP contribution in [0.2, 0.25) is 0 Å². The van der Waals surface area contributed by atoms with Crippen molar-refractivity contribution in [2.45, 2.75) is 37.5 Å². The maximum Gasteiger partial charge on any atom is 0.154 e. The molecule has 0 aromatic heterocycles. The van der Waals surface area contributed by atoms with Gasteiger partial charge in [0.05, 0.1) is 6.04 Å². The smallest absolute Gasteiger partial charge is 0.154 e. The van der Waals surface area contributed by atoms with Gasteiger partial charge >= 0.3 is 0 Å². The zero-order valence-electron chi connectivity index (χ0n) is 9.73. The molecule has 0 atom stereocenters. The van der Waals surface area contributed by atoms with Crippen molar-refractivity contribution in [2.75, 3.05) is 0 Å². The van der Waals surface area contributed by atoms with E-state index in [0.717, 1.165) is 18.4 Å². The van der Waals surface area contributed by atoms with Crippen LogP contribution in [0, 0.1) is 5.82 Å². The summed E-state index contributed by atoms with van der Waals surface area (Å²) < 4.78 is 12.9. The second-order valence-electron chi connectivity index (χ2n) is 4.32. The van der Waals surface area contributed by atoms with Crippen molar-refractivity contribution in [3.05, 3.63) is 35.6 Å². The molecule has 0 unspecified atom stereocenters. The van der Waals surface area contributed by atoms with Gasteiger partial charge in [0.25, 0.3) is 0 Å². The van der Waals surface area contributed by atoms with E-state index in [4.69, 9.17) is 5.73 Å². The third-order valence-electron chi connectivity index (χ3n) is 2.91. The Balaban J connectivity index is 1.84. The maximum absolute atomic E-state index is 12.9. The lowest BCUT2D eigenvalue weighted by atomic mass is 10.2. The van der Waals surface area contributed by atoms with Crippen LogP contribution in [0.3, 0.4) is 0 Å². The van der Waals surface area contributed by atoms with Crippen molar-refractivity contribution in [3.8, 4) is 0 Å². The lowest BCUT2D eigenvalue weighted by molar-refractivity contribution is 0.626. The van der Waals surface area contributed by atoms with Gasteiger partial charge in [-0.1, -0.05) is 36.7 Å². The SMILES string of the molecule is NC(=NC1CCCC1)SCc1cccc(F)c1. The van der Waals surface area contributed by atoms with Gasteiger partial charge in [-0.15, -0.1) is 0 Å². The Morgan fingerprint density at radius 3 is 2.88 bits per heavy atom. The number of amidine groups is 1. The highest BCUT2D eigenvalue weighted by Crippen LogP contribution is 2.22. The Morgan fingerprint density at radius 1 is 1.41 bits per heavy atom. The highest BCUT2D eigenvalue weighted by Gasteiger charge is 2.13. The van der Waals surface area contributed by atoms with Crippen LogP contribution in [0.4, 0.5) is 4.39 Å². The summed E-state index contributed by atoms with van der Waals surface area (Å²) in [5.74, 6) is 0.481. The van der Waals surface area contributed by atoms with Gasteiger partial charge < -0.3 is 5.73 Å². The molecule has 1 aliphatic carbocycles.